The third-order valence-electron chi connectivity index (χ3n) is 6.23. The number of ether oxygens (including phenoxy) is 1. The van der Waals surface area contributed by atoms with Crippen LogP contribution < -0.4 is 15.4 Å². The second kappa shape index (κ2) is 7.47. The Kier molecular flexibility index (Phi) is 4.65. The summed E-state index contributed by atoms with van der Waals surface area (Å²) in [4.78, 5) is 6.94. The van der Waals surface area contributed by atoms with Crippen molar-refractivity contribution < 1.29 is 4.74 Å². The lowest BCUT2D eigenvalue weighted by Crippen LogP contribution is -2.43. The Hall–Kier alpha value is -3.36. The second-order valence-corrected chi connectivity index (χ2v) is 8.09. The van der Waals surface area contributed by atoms with Gasteiger partial charge < -0.3 is 15.4 Å². The first-order valence-electron chi connectivity index (χ1n) is 10.4. The smallest absolute Gasteiger partial charge is 0.238 e. The van der Waals surface area contributed by atoms with Crippen molar-refractivity contribution in [3.63, 3.8) is 0 Å². The molecule has 1 aliphatic heterocycles. The SMILES string of the molecule is N#CCN1CCOc2nc(-c3ccc(C4(N)CCC4)cc3)c(-c3ccccc3)cc21. The summed E-state index contributed by atoms with van der Waals surface area (Å²) in [5.74, 6) is 0.588. The van der Waals surface area contributed by atoms with Crippen LogP contribution in [0.1, 0.15) is 24.8 Å². The fourth-order valence-corrected chi connectivity index (χ4v) is 4.31. The molecule has 150 valence electrons. The number of nitrogens with zero attached hydrogens (tertiary/aromatic N) is 3. The van der Waals surface area contributed by atoms with E-state index in [1.165, 1.54) is 12.0 Å². The zero-order valence-electron chi connectivity index (χ0n) is 16.8. The van der Waals surface area contributed by atoms with E-state index in [4.69, 9.17) is 15.5 Å². The van der Waals surface area contributed by atoms with Crippen LogP contribution in [0.25, 0.3) is 22.4 Å². The van der Waals surface area contributed by atoms with E-state index in [9.17, 15) is 5.26 Å². The predicted octanol–water partition coefficient (Wildman–Crippen LogP) is 4.48. The van der Waals surface area contributed by atoms with Gasteiger partial charge in [0.2, 0.25) is 5.88 Å². The van der Waals surface area contributed by atoms with Gasteiger partial charge in [0.1, 0.15) is 18.8 Å². The van der Waals surface area contributed by atoms with Gasteiger partial charge in [-0.25, -0.2) is 4.98 Å². The van der Waals surface area contributed by atoms with E-state index in [-0.39, 0.29) is 5.54 Å². The number of nitrogens with two attached hydrogens (primary N) is 1. The van der Waals surface area contributed by atoms with Crippen molar-refractivity contribution in [2.24, 2.45) is 5.73 Å². The average Bonchev–Trinajstić information content (AvgIpc) is 2.78. The van der Waals surface area contributed by atoms with Crippen molar-refractivity contribution in [3.05, 3.63) is 66.2 Å². The normalized spacial score (nSPS) is 16.7. The highest BCUT2D eigenvalue weighted by Crippen LogP contribution is 2.42. The zero-order chi connectivity index (χ0) is 20.6. The van der Waals surface area contributed by atoms with Crippen LogP contribution in [0.4, 0.5) is 5.69 Å². The molecule has 0 saturated heterocycles. The van der Waals surface area contributed by atoms with Crippen molar-refractivity contribution >= 4 is 5.69 Å². The molecule has 0 spiro atoms. The second-order valence-electron chi connectivity index (χ2n) is 8.09. The Morgan fingerprint density at radius 1 is 1.07 bits per heavy atom. The zero-order valence-corrected chi connectivity index (χ0v) is 16.8. The highest BCUT2D eigenvalue weighted by atomic mass is 16.5. The van der Waals surface area contributed by atoms with Crippen LogP contribution >= 0.6 is 0 Å². The highest BCUT2D eigenvalue weighted by Gasteiger charge is 2.34. The molecule has 2 N–H and O–H groups in total. The molecular weight excluding hydrogens is 372 g/mol. The summed E-state index contributed by atoms with van der Waals surface area (Å²) in [7, 11) is 0. The molecule has 0 radical (unpaired) electrons. The quantitative estimate of drug-likeness (QED) is 0.658. The van der Waals surface area contributed by atoms with E-state index in [0.717, 1.165) is 40.9 Å². The minimum Gasteiger partial charge on any atom is -0.474 e. The molecule has 5 heteroatoms. The fourth-order valence-electron chi connectivity index (χ4n) is 4.31. The number of fused-ring (bicyclic) bond motifs is 1. The van der Waals surface area contributed by atoms with Crippen LogP contribution in [0.2, 0.25) is 0 Å². The Morgan fingerprint density at radius 3 is 2.50 bits per heavy atom. The molecule has 2 heterocycles. The van der Waals surface area contributed by atoms with E-state index in [1.807, 2.05) is 23.1 Å². The number of benzene rings is 2. The fraction of sp³-hybridized carbons (Fsp3) is 0.280. The molecule has 2 aliphatic rings. The van der Waals surface area contributed by atoms with Gasteiger partial charge in [-0.1, -0.05) is 54.6 Å². The van der Waals surface area contributed by atoms with Crippen molar-refractivity contribution in [2.45, 2.75) is 24.8 Å². The van der Waals surface area contributed by atoms with E-state index < -0.39 is 0 Å². The van der Waals surface area contributed by atoms with E-state index in [0.29, 0.717) is 25.6 Å². The number of rotatable bonds is 4. The van der Waals surface area contributed by atoms with Crippen LogP contribution in [0.15, 0.2) is 60.7 Å². The number of nitriles is 1. The van der Waals surface area contributed by atoms with Crippen molar-refractivity contribution in [3.8, 4) is 34.3 Å². The standard InChI is InChI=1S/C25H24N4O/c26-13-14-29-15-16-30-24-22(29)17-21(18-5-2-1-3-6-18)23(28-24)19-7-9-20(10-8-19)25(27)11-4-12-25/h1-3,5-10,17H,4,11-12,14-16,27H2. The van der Waals surface area contributed by atoms with Gasteiger partial charge in [0, 0.05) is 16.7 Å². The average molecular weight is 396 g/mol. The Bertz CT molecular complexity index is 1100. The van der Waals surface area contributed by atoms with Crippen LogP contribution in [-0.4, -0.2) is 24.7 Å². The molecular formula is C25H24N4O. The largest absolute Gasteiger partial charge is 0.474 e. The van der Waals surface area contributed by atoms with Gasteiger partial charge in [-0.2, -0.15) is 5.26 Å². The molecule has 1 fully saturated rings. The van der Waals surface area contributed by atoms with E-state index in [2.05, 4.69) is 48.5 Å². The molecule has 5 nitrogen and oxygen atoms in total. The molecule has 0 amide bonds. The van der Waals surface area contributed by atoms with Gasteiger partial charge in [0.25, 0.3) is 0 Å². The lowest BCUT2D eigenvalue weighted by Gasteiger charge is -2.38. The first kappa shape index (κ1) is 18.7. The third kappa shape index (κ3) is 3.20. The molecule has 0 bridgehead atoms. The van der Waals surface area contributed by atoms with Gasteiger partial charge >= 0.3 is 0 Å². The summed E-state index contributed by atoms with van der Waals surface area (Å²) in [6, 6.07) is 23.1. The number of anilines is 1. The van der Waals surface area contributed by atoms with Gasteiger partial charge in [0.05, 0.1) is 18.3 Å². The van der Waals surface area contributed by atoms with Crippen molar-refractivity contribution in [1.29, 1.82) is 5.26 Å². The van der Waals surface area contributed by atoms with Crippen LogP contribution in [0.5, 0.6) is 5.88 Å². The predicted molar refractivity (Wildman–Crippen MR) is 118 cm³/mol. The van der Waals surface area contributed by atoms with E-state index >= 15 is 0 Å². The van der Waals surface area contributed by atoms with Crippen LogP contribution in [0, 0.1) is 11.3 Å². The molecule has 30 heavy (non-hydrogen) atoms. The molecule has 3 aromatic rings. The lowest BCUT2D eigenvalue weighted by molar-refractivity contribution is 0.253. The summed E-state index contributed by atoms with van der Waals surface area (Å²) >= 11 is 0. The minimum absolute atomic E-state index is 0.176. The Balaban J connectivity index is 1.63. The third-order valence-corrected chi connectivity index (χ3v) is 6.23. The summed E-state index contributed by atoms with van der Waals surface area (Å²) in [5.41, 5.74) is 12.4. The Labute approximate surface area is 176 Å². The van der Waals surface area contributed by atoms with Crippen LogP contribution in [0.3, 0.4) is 0 Å². The van der Waals surface area contributed by atoms with Crippen molar-refractivity contribution in [1.82, 2.24) is 4.98 Å². The summed E-state index contributed by atoms with van der Waals surface area (Å²) in [6.07, 6.45) is 3.28. The first-order valence-corrected chi connectivity index (χ1v) is 10.4. The molecule has 1 saturated carbocycles. The number of hydrogen-bond donors (Lipinski definition) is 1. The molecule has 1 aliphatic carbocycles. The number of hydrogen-bond acceptors (Lipinski definition) is 5. The van der Waals surface area contributed by atoms with Gasteiger partial charge in [0.15, 0.2) is 0 Å². The topological polar surface area (TPSA) is 75.2 Å². The highest BCUT2D eigenvalue weighted by molar-refractivity contribution is 5.85. The maximum Gasteiger partial charge on any atom is 0.238 e. The van der Waals surface area contributed by atoms with Gasteiger partial charge in [-0.15, -0.1) is 0 Å². The first-order chi connectivity index (χ1) is 14.7. The minimum atomic E-state index is -0.176. The Morgan fingerprint density at radius 2 is 1.83 bits per heavy atom. The number of aromatic nitrogens is 1. The summed E-state index contributed by atoms with van der Waals surface area (Å²) in [5, 5.41) is 9.22. The molecule has 0 atom stereocenters. The summed E-state index contributed by atoms with van der Waals surface area (Å²) < 4.78 is 5.88. The maximum absolute atomic E-state index is 9.22. The van der Waals surface area contributed by atoms with Gasteiger partial charge in [-0.3, -0.25) is 0 Å². The molecule has 0 unspecified atom stereocenters. The molecule has 2 aromatic carbocycles. The van der Waals surface area contributed by atoms with Crippen LogP contribution in [-0.2, 0) is 5.54 Å². The monoisotopic (exact) mass is 396 g/mol. The molecule has 1 aromatic heterocycles. The molecule has 5 rings (SSSR count). The summed E-state index contributed by atoms with van der Waals surface area (Å²) in [6.45, 7) is 1.53. The maximum atomic E-state index is 9.22. The van der Waals surface area contributed by atoms with E-state index in [1.54, 1.807) is 0 Å². The van der Waals surface area contributed by atoms with Gasteiger partial charge in [-0.05, 0) is 36.5 Å². The number of pyridine rings is 1. The lowest BCUT2D eigenvalue weighted by atomic mass is 9.72. The van der Waals surface area contributed by atoms with Crippen molar-refractivity contribution in [2.75, 3.05) is 24.6 Å².